The predicted octanol–water partition coefficient (Wildman–Crippen LogP) is 2.91. The van der Waals surface area contributed by atoms with Crippen molar-refractivity contribution < 1.29 is 18.6 Å². The first-order valence-electron chi connectivity index (χ1n) is 7.81. The number of alkyl halides is 2. The van der Waals surface area contributed by atoms with Crippen molar-refractivity contribution in [2.45, 2.75) is 17.9 Å². The van der Waals surface area contributed by atoms with Gasteiger partial charge in [-0.2, -0.15) is 9.36 Å². The van der Waals surface area contributed by atoms with E-state index < -0.39 is 17.7 Å². The van der Waals surface area contributed by atoms with Crippen LogP contribution in [0.2, 0.25) is 0 Å². The van der Waals surface area contributed by atoms with Crippen molar-refractivity contribution in [3.63, 3.8) is 0 Å². The molecule has 0 aliphatic carbocycles. The van der Waals surface area contributed by atoms with Crippen LogP contribution >= 0.6 is 11.8 Å². The lowest BCUT2D eigenvalue weighted by Gasteiger charge is -2.15. The Hall–Kier alpha value is -2.88. The third-order valence-electron chi connectivity index (χ3n) is 3.88. The Morgan fingerprint density at radius 1 is 1.26 bits per heavy atom. The number of aromatic hydroxyl groups is 1. The van der Waals surface area contributed by atoms with Crippen molar-refractivity contribution in [1.82, 2.24) is 19.8 Å². The maximum atomic E-state index is 13.2. The van der Waals surface area contributed by atoms with Crippen molar-refractivity contribution in [3.8, 4) is 17.2 Å². The fourth-order valence-electron chi connectivity index (χ4n) is 2.54. The number of phenols is 1. The molecule has 10 heteroatoms. The van der Waals surface area contributed by atoms with Crippen LogP contribution in [0, 0.1) is 0 Å². The summed E-state index contributed by atoms with van der Waals surface area (Å²) in [4.78, 5) is 13.0. The molecule has 0 aliphatic heterocycles. The summed E-state index contributed by atoms with van der Waals surface area (Å²) in [5.74, 6) is -0.315. The summed E-state index contributed by atoms with van der Waals surface area (Å²) in [7, 11) is 1.48. The molecule has 0 saturated heterocycles. The Morgan fingerprint density at radius 2 is 2.04 bits per heavy atom. The second-order valence-corrected chi connectivity index (χ2v) is 6.41. The number of thioether (sulfide) groups is 1. The van der Waals surface area contributed by atoms with Crippen LogP contribution in [0.1, 0.15) is 17.6 Å². The Bertz CT molecular complexity index is 1020. The molecule has 142 valence electrons. The fraction of sp³-hybridized carbons (Fsp3) is 0.235. The highest BCUT2D eigenvalue weighted by Gasteiger charge is 2.18. The maximum Gasteiger partial charge on any atom is 0.368 e. The average molecular weight is 394 g/mol. The molecule has 0 fully saturated rings. The Labute approximate surface area is 157 Å². The number of benzene rings is 2. The molecule has 1 heterocycles. The van der Waals surface area contributed by atoms with Crippen LogP contribution < -0.4 is 10.4 Å². The molecule has 0 atom stereocenters. The minimum absolute atomic E-state index is 0.0452. The SMILES string of the molecule is CSc1cccc(-n2nnn(C)c2=O)c1COc1ccc(O)cc1C(F)F. The third kappa shape index (κ3) is 3.80. The van der Waals surface area contributed by atoms with Crippen molar-refractivity contribution in [2.24, 2.45) is 7.05 Å². The molecule has 0 spiro atoms. The van der Waals surface area contributed by atoms with E-state index in [4.69, 9.17) is 4.74 Å². The molecular formula is C17H16F2N4O3S. The number of phenolic OH excluding ortho intramolecular Hbond substituents is 1. The minimum Gasteiger partial charge on any atom is -0.508 e. The molecule has 0 bridgehead atoms. The maximum absolute atomic E-state index is 13.2. The zero-order chi connectivity index (χ0) is 19.6. The smallest absolute Gasteiger partial charge is 0.368 e. The second kappa shape index (κ2) is 7.78. The van der Waals surface area contributed by atoms with E-state index in [1.165, 1.54) is 30.9 Å². The van der Waals surface area contributed by atoms with Crippen LogP contribution in [-0.4, -0.2) is 31.2 Å². The summed E-state index contributed by atoms with van der Waals surface area (Å²) in [5.41, 5.74) is 0.223. The number of hydrogen-bond acceptors (Lipinski definition) is 6. The molecule has 0 aliphatic rings. The Kier molecular flexibility index (Phi) is 5.45. The van der Waals surface area contributed by atoms with Crippen LogP contribution in [0.25, 0.3) is 5.69 Å². The topological polar surface area (TPSA) is 82.2 Å². The first-order valence-corrected chi connectivity index (χ1v) is 9.04. The van der Waals surface area contributed by atoms with E-state index in [1.54, 1.807) is 12.1 Å². The fourth-order valence-corrected chi connectivity index (χ4v) is 3.17. The molecule has 2 aromatic carbocycles. The molecule has 27 heavy (non-hydrogen) atoms. The van der Waals surface area contributed by atoms with Gasteiger partial charge in [0.05, 0.1) is 11.3 Å². The summed E-state index contributed by atoms with van der Waals surface area (Å²) >= 11 is 1.43. The van der Waals surface area contributed by atoms with Crippen LogP contribution in [0.3, 0.4) is 0 Å². The zero-order valence-electron chi connectivity index (χ0n) is 14.5. The first kappa shape index (κ1) is 18.9. The summed E-state index contributed by atoms with van der Waals surface area (Å²) in [5, 5.41) is 17.0. The zero-order valence-corrected chi connectivity index (χ0v) is 15.3. The van der Waals surface area contributed by atoms with Gasteiger partial charge in [0.15, 0.2) is 0 Å². The van der Waals surface area contributed by atoms with Gasteiger partial charge in [-0.1, -0.05) is 6.07 Å². The van der Waals surface area contributed by atoms with Crippen LogP contribution in [-0.2, 0) is 13.7 Å². The van der Waals surface area contributed by atoms with Gasteiger partial charge in [0, 0.05) is 17.5 Å². The summed E-state index contributed by atoms with van der Waals surface area (Å²) in [6.45, 7) is -0.0696. The van der Waals surface area contributed by atoms with Gasteiger partial charge in [-0.25, -0.2) is 13.6 Å². The number of aromatic nitrogens is 4. The summed E-state index contributed by atoms with van der Waals surface area (Å²) < 4.78 is 34.3. The number of ether oxygens (including phenoxy) is 1. The molecule has 0 saturated carbocycles. The van der Waals surface area contributed by atoms with Crippen molar-refractivity contribution in [1.29, 1.82) is 0 Å². The van der Waals surface area contributed by atoms with Crippen LogP contribution in [0.4, 0.5) is 8.78 Å². The molecule has 0 amide bonds. The quantitative estimate of drug-likeness (QED) is 0.648. The standard InChI is InChI=1S/C17H16F2N4O3S/c1-22-17(25)23(21-20-22)13-4-3-5-15(27-2)12(13)9-26-14-7-6-10(24)8-11(14)16(18)19/h3-8,16,24H,9H2,1-2H3. The lowest BCUT2D eigenvalue weighted by molar-refractivity contribution is 0.144. The number of halogens is 2. The largest absolute Gasteiger partial charge is 0.508 e. The monoisotopic (exact) mass is 394 g/mol. The molecule has 3 aromatic rings. The van der Waals surface area contributed by atoms with Crippen molar-refractivity contribution in [2.75, 3.05) is 6.26 Å². The highest BCUT2D eigenvalue weighted by atomic mass is 32.2. The van der Waals surface area contributed by atoms with Gasteiger partial charge in [0.2, 0.25) is 0 Å². The first-order chi connectivity index (χ1) is 12.9. The minimum atomic E-state index is -2.80. The number of rotatable bonds is 6. The van der Waals surface area contributed by atoms with Crippen LogP contribution in [0.15, 0.2) is 46.1 Å². The second-order valence-electron chi connectivity index (χ2n) is 5.57. The molecule has 0 radical (unpaired) electrons. The highest BCUT2D eigenvalue weighted by molar-refractivity contribution is 7.98. The molecule has 0 unspecified atom stereocenters. The number of tetrazole rings is 1. The van der Waals surface area contributed by atoms with Gasteiger partial charge in [0.1, 0.15) is 18.1 Å². The number of aryl methyl sites for hydroxylation is 1. The van der Waals surface area contributed by atoms with Gasteiger partial charge < -0.3 is 9.84 Å². The summed E-state index contributed by atoms with van der Waals surface area (Å²) in [6.07, 6.45) is -0.947. The van der Waals surface area contributed by atoms with E-state index >= 15 is 0 Å². The van der Waals surface area contributed by atoms with E-state index in [-0.39, 0.29) is 18.1 Å². The number of hydrogen-bond donors (Lipinski definition) is 1. The van der Waals surface area contributed by atoms with Crippen molar-refractivity contribution in [3.05, 3.63) is 58.0 Å². The molecule has 1 aromatic heterocycles. The summed E-state index contributed by atoms with van der Waals surface area (Å²) in [6, 6.07) is 8.80. The van der Waals surface area contributed by atoms with E-state index in [0.717, 1.165) is 20.3 Å². The molecule has 1 N–H and O–H groups in total. The third-order valence-corrected chi connectivity index (χ3v) is 4.70. The van der Waals surface area contributed by atoms with Gasteiger partial charge in [0.25, 0.3) is 6.43 Å². The van der Waals surface area contributed by atoms with Gasteiger partial charge in [-0.05, 0) is 47.0 Å². The average Bonchev–Trinajstić information content (AvgIpc) is 2.99. The van der Waals surface area contributed by atoms with Crippen molar-refractivity contribution >= 4 is 11.8 Å². The Morgan fingerprint density at radius 3 is 2.67 bits per heavy atom. The lowest BCUT2D eigenvalue weighted by atomic mass is 10.1. The van der Waals surface area contributed by atoms with Crippen LogP contribution in [0.5, 0.6) is 11.5 Å². The lowest BCUT2D eigenvalue weighted by Crippen LogP contribution is -2.23. The van der Waals surface area contributed by atoms with E-state index in [9.17, 15) is 18.7 Å². The molecule has 3 rings (SSSR count). The Balaban J connectivity index is 2.00. The molecule has 7 nitrogen and oxygen atoms in total. The normalized spacial score (nSPS) is 11.1. The van der Waals surface area contributed by atoms with Gasteiger partial charge in [-0.3, -0.25) is 0 Å². The predicted molar refractivity (Wildman–Crippen MR) is 95.8 cm³/mol. The van der Waals surface area contributed by atoms with E-state index in [0.29, 0.717) is 11.3 Å². The highest BCUT2D eigenvalue weighted by Crippen LogP contribution is 2.33. The van der Waals surface area contributed by atoms with Gasteiger partial charge >= 0.3 is 5.69 Å². The van der Waals surface area contributed by atoms with E-state index in [1.807, 2.05) is 12.3 Å². The van der Waals surface area contributed by atoms with Gasteiger partial charge in [-0.15, -0.1) is 11.8 Å². The van der Waals surface area contributed by atoms with E-state index in [2.05, 4.69) is 10.4 Å². The number of nitrogens with zero attached hydrogens (tertiary/aromatic N) is 4. The molecular weight excluding hydrogens is 378 g/mol.